The second-order valence-corrected chi connectivity index (χ2v) is 5.99. The van der Waals surface area contributed by atoms with Gasteiger partial charge in [0.25, 0.3) is 0 Å². The summed E-state index contributed by atoms with van der Waals surface area (Å²) in [5, 5.41) is 23.6. The Labute approximate surface area is 136 Å². The van der Waals surface area contributed by atoms with Crippen molar-refractivity contribution in [3.63, 3.8) is 0 Å². The Bertz CT molecular complexity index is 397. The Morgan fingerprint density at radius 3 is 1.91 bits per heavy atom. The van der Waals surface area contributed by atoms with E-state index in [0.717, 1.165) is 0 Å². The zero-order valence-electron chi connectivity index (χ0n) is 14.2. The lowest BCUT2D eigenvalue weighted by molar-refractivity contribution is -0.150. The molecule has 0 saturated carbocycles. The number of nitrogens with one attached hydrogen (secondary N) is 2. The van der Waals surface area contributed by atoms with E-state index in [1.54, 1.807) is 13.8 Å². The molecule has 8 nitrogen and oxygen atoms in total. The number of hydrogen-bond donors (Lipinski definition) is 4. The van der Waals surface area contributed by atoms with Crippen LogP contribution in [-0.4, -0.2) is 58.9 Å². The predicted octanol–water partition coefficient (Wildman–Crippen LogP) is 0.602. The summed E-state index contributed by atoms with van der Waals surface area (Å²) < 4.78 is 5.06. The Balaban J connectivity index is 4.28. The molecule has 0 fully saturated rings. The fourth-order valence-corrected chi connectivity index (χ4v) is 2.03. The van der Waals surface area contributed by atoms with Crippen LogP contribution in [0.3, 0.4) is 0 Å². The average molecular weight is 332 g/mol. The zero-order chi connectivity index (χ0) is 18.0. The molecule has 23 heavy (non-hydrogen) atoms. The van der Waals surface area contributed by atoms with E-state index in [1.165, 1.54) is 0 Å². The normalized spacial score (nSPS) is 13.8. The standard InChI is InChI=1S/C15H28N2O6/c1-9(2)16-11(14(20)21)6-5-7-23-15(22)12(8-13(18)19)17-10(3)4/h9-12,16-17H,5-8H2,1-4H3,(H,18,19)(H,20,21). The van der Waals surface area contributed by atoms with Crippen molar-refractivity contribution < 1.29 is 29.3 Å². The first-order chi connectivity index (χ1) is 10.6. The predicted molar refractivity (Wildman–Crippen MR) is 84.2 cm³/mol. The van der Waals surface area contributed by atoms with Crippen molar-refractivity contribution in [2.45, 2.75) is 71.1 Å². The molecular weight excluding hydrogens is 304 g/mol. The van der Waals surface area contributed by atoms with Crippen LogP contribution >= 0.6 is 0 Å². The van der Waals surface area contributed by atoms with Gasteiger partial charge < -0.3 is 25.6 Å². The molecule has 0 aliphatic rings. The number of carboxylic acid groups (broad SMARTS) is 2. The van der Waals surface area contributed by atoms with E-state index >= 15 is 0 Å². The van der Waals surface area contributed by atoms with E-state index in [9.17, 15) is 14.4 Å². The molecule has 0 radical (unpaired) electrons. The first-order valence-electron chi connectivity index (χ1n) is 7.76. The lowest BCUT2D eigenvalue weighted by Crippen LogP contribution is -2.43. The Morgan fingerprint density at radius 2 is 1.48 bits per heavy atom. The van der Waals surface area contributed by atoms with Gasteiger partial charge in [-0.15, -0.1) is 0 Å². The number of rotatable bonds is 12. The van der Waals surface area contributed by atoms with Gasteiger partial charge in [0.2, 0.25) is 0 Å². The van der Waals surface area contributed by atoms with Crippen LogP contribution in [0.2, 0.25) is 0 Å². The summed E-state index contributed by atoms with van der Waals surface area (Å²) in [6, 6.07) is -1.62. The van der Waals surface area contributed by atoms with Crippen LogP contribution in [0.15, 0.2) is 0 Å². The second kappa shape index (κ2) is 11.0. The molecule has 0 heterocycles. The van der Waals surface area contributed by atoms with E-state index in [1.807, 2.05) is 13.8 Å². The summed E-state index contributed by atoms with van der Waals surface area (Å²) in [6.45, 7) is 7.36. The van der Waals surface area contributed by atoms with E-state index in [2.05, 4.69) is 10.6 Å². The van der Waals surface area contributed by atoms with Gasteiger partial charge in [-0.3, -0.25) is 14.4 Å². The molecule has 0 rings (SSSR count). The van der Waals surface area contributed by atoms with Crippen LogP contribution in [0, 0.1) is 0 Å². The number of ether oxygens (including phenoxy) is 1. The maximum absolute atomic E-state index is 11.9. The van der Waals surface area contributed by atoms with Crippen LogP contribution in [0.4, 0.5) is 0 Å². The third kappa shape index (κ3) is 10.6. The zero-order valence-corrected chi connectivity index (χ0v) is 14.2. The molecule has 0 aromatic carbocycles. The lowest BCUT2D eigenvalue weighted by Gasteiger charge is -2.19. The molecule has 4 N–H and O–H groups in total. The third-order valence-electron chi connectivity index (χ3n) is 2.91. The van der Waals surface area contributed by atoms with E-state index in [0.29, 0.717) is 12.8 Å². The number of esters is 1. The van der Waals surface area contributed by atoms with E-state index in [-0.39, 0.29) is 25.1 Å². The minimum Gasteiger partial charge on any atom is -0.481 e. The van der Waals surface area contributed by atoms with Gasteiger partial charge in [0.1, 0.15) is 12.1 Å². The topological polar surface area (TPSA) is 125 Å². The monoisotopic (exact) mass is 332 g/mol. The molecule has 8 heteroatoms. The molecule has 0 saturated heterocycles. The average Bonchev–Trinajstić information content (AvgIpc) is 2.39. The van der Waals surface area contributed by atoms with Crippen molar-refractivity contribution in [3.05, 3.63) is 0 Å². The molecule has 0 aliphatic carbocycles. The summed E-state index contributed by atoms with van der Waals surface area (Å²) in [5.41, 5.74) is 0. The maximum atomic E-state index is 11.9. The van der Waals surface area contributed by atoms with Crippen LogP contribution < -0.4 is 10.6 Å². The fourth-order valence-electron chi connectivity index (χ4n) is 2.03. The highest BCUT2D eigenvalue weighted by Crippen LogP contribution is 2.03. The molecule has 134 valence electrons. The minimum absolute atomic E-state index is 0.0360. The highest BCUT2D eigenvalue weighted by atomic mass is 16.5. The third-order valence-corrected chi connectivity index (χ3v) is 2.91. The van der Waals surface area contributed by atoms with Gasteiger partial charge in [-0.2, -0.15) is 0 Å². The van der Waals surface area contributed by atoms with Crippen molar-refractivity contribution in [1.29, 1.82) is 0 Å². The van der Waals surface area contributed by atoms with Crippen LogP contribution in [0.5, 0.6) is 0 Å². The number of carbonyl (C=O) groups is 3. The van der Waals surface area contributed by atoms with Crippen LogP contribution in [0.25, 0.3) is 0 Å². The molecule has 2 unspecified atom stereocenters. The summed E-state index contributed by atoms with van der Waals surface area (Å²) in [4.78, 5) is 33.7. The van der Waals surface area contributed by atoms with Crippen molar-refractivity contribution in [3.8, 4) is 0 Å². The number of hydrogen-bond acceptors (Lipinski definition) is 6. The van der Waals surface area contributed by atoms with Crippen molar-refractivity contribution in [2.75, 3.05) is 6.61 Å². The van der Waals surface area contributed by atoms with Crippen molar-refractivity contribution in [2.24, 2.45) is 0 Å². The number of carboxylic acids is 2. The van der Waals surface area contributed by atoms with Gasteiger partial charge in [-0.1, -0.05) is 27.7 Å². The summed E-state index contributed by atoms with van der Waals surface area (Å²) >= 11 is 0. The SMILES string of the molecule is CC(C)NC(CCCOC(=O)C(CC(=O)O)NC(C)C)C(=O)O. The molecule has 0 aromatic rings. The molecule has 0 bridgehead atoms. The van der Waals surface area contributed by atoms with Gasteiger partial charge in [0.05, 0.1) is 13.0 Å². The minimum atomic E-state index is -1.09. The Morgan fingerprint density at radius 1 is 0.957 bits per heavy atom. The second-order valence-electron chi connectivity index (χ2n) is 5.99. The lowest BCUT2D eigenvalue weighted by atomic mass is 10.1. The Hall–Kier alpha value is -1.67. The molecule has 0 spiro atoms. The smallest absolute Gasteiger partial charge is 0.323 e. The Kier molecular flexibility index (Phi) is 10.2. The molecular formula is C15H28N2O6. The number of carbonyl (C=O) groups excluding carboxylic acids is 1. The van der Waals surface area contributed by atoms with Gasteiger partial charge in [-0.05, 0) is 12.8 Å². The molecule has 0 aromatic heterocycles. The number of aliphatic carboxylic acids is 2. The summed E-state index contributed by atoms with van der Waals surface area (Å²) in [6.07, 6.45) is 0.343. The van der Waals surface area contributed by atoms with E-state index in [4.69, 9.17) is 14.9 Å². The van der Waals surface area contributed by atoms with Gasteiger partial charge in [0, 0.05) is 12.1 Å². The molecule has 0 amide bonds. The highest BCUT2D eigenvalue weighted by Gasteiger charge is 2.24. The first-order valence-corrected chi connectivity index (χ1v) is 7.76. The van der Waals surface area contributed by atoms with E-state index < -0.39 is 30.0 Å². The van der Waals surface area contributed by atoms with Gasteiger partial charge >= 0.3 is 17.9 Å². The fraction of sp³-hybridized carbons (Fsp3) is 0.800. The molecule has 2 atom stereocenters. The van der Waals surface area contributed by atoms with Crippen molar-refractivity contribution >= 4 is 17.9 Å². The summed E-state index contributed by atoms with van der Waals surface area (Å²) in [7, 11) is 0. The van der Waals surface area contributed by atoms with Gasteiger partial charge in [0.15, 0.2) is 0 Å². The van der Waals surface area contributed by atoms with Crippen molar-refractivity contribution in [1.82, 2.24) is 10.6 Å². The van der Waals surface area contributed by atoms with Crippen LogP contribution in [0.1, 0.15) is 47.0 Å². The maximum Gasteiger partial charge on any atom is 0.323 e. The largest absolute Gasteiger partial charge is 0.481 e. The molecule has 0 aliphatic heterocycles. The van der Waals surface area contributed by atoms with Gasteiger partial charge in [-0.25, -0.2) is 0 Å². The highest BCUT2D eigenvalue weighted by molar-refractivity contribution is 5.82. The summed E-state index contributed by atoms with van der Waals surface area (Å²) in [5.74, 6) is -2.67. The quantitative estimate of drug-likeness (QED) is 0.302. The van der Waals surface area contributed by atoms with Crippen LogP contribution in [-0.2, 0) is 19.1 Å². The first kappa shape index (κ1) is 21.3.